The van der Waals surface area contributed by atoms with Crippen molar-refractivity contribution >= 4 is 29.9 Å². The molecule has 0 radical (unpaired) electrons. The average Bonchev–Trinajstić information content (AvgIpc) is 2.51. The molecule has 0 bridgehead atoms. The van der Waals surface area contributed by atoms with Crippen LogP contribution in [0.4, 0.5) is 0 Å². The van der Waals surface area contributed by atoms with Gasteiger partial charge in [0, 0.05) is 26.3 Å². The molecule has 1 aromatic rings. The van der Waals surface area contributed by atoms with Gasteiger partial charge in [-0.2, -0.15) is 0 Å². The fourth-order valence-corrected chi connectivity index (χ4v) is 1.89. The Kier molecular flexibility index (Phi) is 13.9. The number of nitrogens with one attached hydrogen (secondary N) is 2. The maximum atomic E-state index is 5.71. The van der Waals surface area contributed by atoms with Crippen LogP contribution in [0.1, 0.15) is 25.8 Å². The van der Waals surface area contributed by atoms with Gasteiger partial charge in [0.1, 0.15) is 12.4 Å². The van der Waals surface area contributed by atoms with Gasteiger partial charge >= 0.3 is 0 Å². The molecular weight excluding hydrogens is 405 g/mol. The van der Waals surface area contributed by atoms with E-state index in [1.54, 1.807) is 0 Å². The first-order chi connectivity index (χ1) is 10.8. The number of nitrogens with zero attached hydrogens (tertiary/aromatic N) is 1. The lowest BCUT2D eigenvalue weighted by molar-refractivity contribution is 0.146. The van der Waals surface area contributed by atoms with Crippen LogP contribution in [0.5, 0.6) is 5.75 Å². The summed E-state index contributed by atoms with van der Waals surface area (Å²) in [4.78, 5) is 4.50. The number of hydrogen-bond acceptors (Lipinski definition) is 3. The van der Waals surface area contributed by atoms with Crippen molar-refractivity contribution in [2.75, 3.05) is 39.5 Å². The van der Waals surface area contributed by atoms with Crippen LogP contribution in [0.2, 0.25) is 0 Å². The van der Waals surface area contributed by atoms with Crippen LogP contribution in [-0.4, -0.2) is 45.4 Å². The smallest absolute Gasteiger partial charge is 0.191 e. The van der Waals surface area contributed by atoms with Crippen LogP contribution < -0.4 is 15.4 Å². The fourth-order valence-electron chi connectivity index (χ4n) is 1.89. The second-order valence-corrected chi connectivity index (χ2v) is 4.90. The minimum atomic E-state index is 0. The molecule has 0 saturated heterocycles. The first-order valence-corrected chi connectivity index (χ1v) is 8.05. The highest BCUT2D eigenvalue weighted by Crippen LogP contribution is 2.11. The molecule has 0 aliphatic rings. The Morgan fingerprint density at radius 3 is 2.70 bits per heavy atom. The highest BCUT2D eigenvalue weighted by Gasteiger charge is 1.98. The van der Waals surface area contributed by atoms with E-state index in [4.69, 9.17) is 9.47 Å². The van der Waals surface area contributed by atoms with Crippen LogP contribution in [0.3, 0.4) is 0 Å². The van der Waals surface area contributed by atoms with Crippen LogP contribution >= 0.6 is 24.0 Å². The van der Waals surface area contributed by atoms with E-state index < -0.39 is 0 Å². The number of hydrogen-bond donors (Lipinski definition) is 2. The zero-order valence-corrected chi connectivity index (χ0v) is 16.8. The lowest BCUT2D eigenvalue weighted by Crippen LogP contribution is -2.39. The van der Waals surface area contributed by atoms with Crippen molar-refractivity contribution in [1.29, 1.82) is 0 Å². The molecule has 5 nitrogen and oxygen atoms in total. The van der Waals surface area contributed by atoms with Crippen LogP contribution in [-0.2, 0) is 4.74 Å². The summed E-state index contributed by atoms with van der Waals surface area (Å²) < 4.78 is 11.0. The summed E-state index contributed by atoms with van der Waals surface area (Å²) in [5.74, 6) is 1.73. The Morgan fingerprint density at radius 1 is 1.17 bits per heavy atom. The molecular formula is C17H30IN3O2. The molecule has 23 heavy (non-hydrogen) atoms. The highest BCUT2D eigenvalue weighted by molar-refractivity contribution is 14.0. The third-order valence-electron chi connectivity index (χ3n) is 2.92. The quantitative estimate of drug-likeness (QED) is 0.257. The Morgan fingerprint density at radius 2 is 2.00 bits per heavy atom. The maximum absolute atomic E-state index is 5.71. The Bertz CT molecular complexity index is 442. The molecule has 0 atom stereocenters. The summed E-state index contributed by atoms with van der Waals surface area (Å²) in [5.41, 5.74) is 1.20. The lowest BCUT2D eigenvalue weighted by atomic mass is 10.2. The molecule has 132 valence electrons. The summed E-state index contributed by atoms with van der Waals surface area (Å²) in [6, 6.07) is 8.07. The Balaban J connectivity index is 0.00000484. The Labute approximate surface area is 157 Å². The molecule has 1 rings (SSSR count). The number of guanidine groups is 1. The molecule has 6 heteroatoms. The number of aryl methyl sites for hydroxylation is 1. The second kappa shape index (κ2) is 14.6. The van der Waals surface area contributed by atoms with E-state index in [1.807, 2.05) is 25.1 Å². The topological polar surface area (TPSA) is 54.9 Å². The average molecular weight is 435 g/mol. The van der Waals surface area contributed by atoms with Gasteiger partial charge in [0.2, 0.25) is 0 Å². The van der Waals surface area contributed by atoms with E-state index in [1.165, 1.54) is 5.56 Å². The first-order valence-electron chi connectivity index (χ1n) is 8.05. The van der Waals surface area contributed by atoms with Crippen LogP contribution in [0.15, 0.2) is 29.3 Å². The molecule has 1 aromatic carbocycles. The normalized spacial score (nSPS) is 10.8. The van der Waals surface area contributed by atoms with Gasteiger partial charge in [-0.3, -0.25) is 4.99 Å². The van der Waals surface area contributed by atoms with Crippen molar-refractivity contribution < 1.29 is 9.47 Å². The zero-order valence-electron chi connectivity index (χ0n) is 14.4. The minimum Gasteiger partial charge on any atom is -0.492 e. The molecule has 0 aromatic heterocycles. The van der Waals surface area contributed by atoms with Crippen LogP contribution in [0.25, 0.3) is 0 Å². The van der Waals surface area contributed by atoms with E-state index in [0.717, 1.165) is 44.4 Å². The summed E-state index contributed by atoms with van der Waals surface area (Å²) in [6.07, 6.45) is 0.935. The molecule has 0 saturated carbocycles. The van der Waals surface area contributed by atoms with E-state index in [2.05, 4.69) is 35.5 Å². The lowest BCUT2D eigenvalue weighted by Gasteiger charge is -2.12. The van der Waals surface area contributed by atoms with Crippen LogP contribution in [0, 0.1) is 6.92 Å². The molecule has 0 aliphatic carbocycles. The van der Waals surface area contributed by atoms with Crippen molar-refractivity contribution in [2.24, 2.45) is 4.99 Å². The van der Waals surface area contributed by atoms with Gasteiger partial charge in [0.05, 0.1) is 6.54 Å². The molecule has 0 amide bonds. The molecule has 2 N–H and O–H groups in total. The van der Waals surface area contributed by atoms with Gasteiger partial charge < -0.3 is 20.1 Å². The number of benzene rings is 1. The number of rotatable bonds is 10. The van der Waals surface area contributed by atoms with Crippen molar-refractivity contribution in [2.45, 2.75) is 27.2 Å². The molecule has 0 unspecified atom stereocenters. The third-order valence-corrected chi connectivity index (χ3v) is 2.92. The number of ether oxygens (including phenoxy) is 2. The standard InChI is InChI=1S/C17H29N3O2.HI/c1-4-18-17(19-10-7-12-21-5-2)20-11-13-22-16-9-6-8-15(3)14-16;/h6,8-9,14H,4-5,7,10-13H2,1-3H3,(H2,18,19,20);1H. The first kappa shape index (κ1) is 22.0. The molecule has 0 aliphatic heterocycles. The fraction of sp³-hybridized carbons (Fsp3) is 0.588. The molecule has 0 heterocycles. The number of aliphatic imine (C=N–C) groups is 1. The van der Waals surface area contributed by atoms with Crippen molar-refractivity contribution in [3.8, 4) is 5.75 Å². The van der Waals surface area contributed by atoms with Crippen molar-refractivity contribution in [3.05, 3.63) is 29.8 Å². The Hall–Kier alpha value is -1.02. The molecule has 0 fully saturated rings. The van der Waals surface area contributed by atoms with Crippen molar-refractivity contribution in [3.63, 3.8) is 0 Å². The van der Waals surface area contributed by atoms with E-state index >= 15 is 0 Å². The summed E-state index contributed by atoms with van der Waals surface area (Å²) >= 11 is 0. The van der Waals surface area contributed by atoms with Gasteiger partial charge in [-0.25, -0.2) is 0 Å². The van der Waals surface area contributed by atoms with E-state index in [0.29, 0.717) is 13.2 Å². The predicted molar refractivity (Wildman–Crippen MR) is 107 cm³/mol. The van der Waals surface area contributed by atoms with Gasteiger partial charge in [0.25, 0.3) is 0 Å². The maximum Gasteiger partial charge on any atom is 0.191 e. The van der Waals surface area contributed by atoms with Gasteiger partial charge in [-0.05, 0) is 44.9 Å². The van der Waals surface area contributed by atoms with E-state index in [-0.39, 0.29) is 24.0 Å². The van der Waals surface area contributed by atoms with Gasteiger partial charge in [-0.1, -0.05) is 12.1 Å². The minimum absolute atomic E-state index is 0. The SMILES string of the molecule is CCNC(=NCCCOCC)NCCOc1cccc(C)c1.I. The summed E-state index contributed by atoms with van der Waals surface area (Å²) in [6.45, 7) is 10.6. The third kappa shape index (κ3) is 11.2. The second-order valence-electron chi connectivity index (χ2n) is 4.90. The number of halogens is 1. The molecule has 0 spiro atoms. The largest absolute Gasteiger partial charge is 0.492 e. The summed E-state index contributed by atoms with van der Waals surface area (Å²) in [7, 11) is 0. The highest BCUT2D eigenvalue weighted by atomic mass is 127. The zero-order chi connectivity index (χ0) is 16.0. The van der Waals surface area contributed by atoms with Gasteiger partial charge in [0.15, 0.2) is 5.96 Å². The van der Waals surface area contributed by atoms with Gasteiger partial charge in [-0.15, -0.1) is 24.0 Å². The van der Waals surface area contributed by atoms with E-state index in [9.17, 15) is 0 Å². The monoisotopic (exact) mass is 435 g/mol. The summed E-state index contributed by atoms with van der Waals surface area (Å²) in [5, 5.41) is 6.49. The predicted octanol–water partition coefficient (Wildman–Crippen LogP) is 2.97. The van der Waals surface area contributed by atoms with Crippen molar-refractivity contribution in [1.82, 2.24) is 10.6 Å².